The second kappa shape index (κ2) is 5.40. The maximum Gasteiger partial charge on any atom is 0.0958 e. The number of aliphatic imine (C=N–C) groups is 1. The number of para-hydroxylation sites is 1. The second-order valence-corrected chi connectivity index (χ2v) is 4.19. The first-order valence-corrected chi connectivity index (χ1v) is 6.20. The smallest absolute Gasteiger partial charge is 0.0958 e. The molecule has 3 aromatic rings. The molecule has 19 heavy (non-hydrogen) atoms. The van der Waals surface area contributed by atoms with Crippen molar-refractivity contribution in [3.8, 4) is 0 Å². The number of hydrogen-bond donors (Lipinski definition) is 0. The van der Waals surface area contributed by atoms with E-state index in [-0.39, 0.29) is 0 Å². The Balaban J connectivity index is 1.85. The van der Waals surface area contributed by atoms with Crippen molar-refractivity contribution >= 4 is 22.8 Å². The number of fused-ring (bicyclic) bond motifs is 1. The van der Waals surface area contributed by atoms with Crippen LogP contribution in [0, 0.1) is 0 Å². The third kappa shape index (κ3) is 2.65. The maximum atomic E-state index is 4.50. The zero-order valence-corrected chi connectivity index (χ0v) is 10.4. The molecular weight excluding hydrogens is 234 g/mol. The third-order valence-electron chi connectivity index (χ3n) is 2.87. The summed E-state index contributed by atoms with van der Waals surface area (Å²) in [6.45, 7) is 0. The van der Waals surface area contributed by atoms with E-state index >= 15 is 0 Å². The fourth-order valence-corrected chi connectivity index (χ4v) is 1.95. The van der Waals surface area contributed by atoms with Crippen LogP contribution < -0.4 is 0 Å². The quantitative estimate of drug-likeness (QED) is 0.663. The molecule has 0 saturated carbocycles. The minimum Gasteiger partial charge on any atom is -0.261 e. The summed E-state index contributed by atoms with van der Waals surface area (Å²) in [6, 6.07) is 15.9. The maximum absolute atomic E-state index is 4.50. The Bertz CT molecular complexity index is 700. The summed E-state index contributed by atoms with van der Waals surface area (Å²) in [5, 5.41) is 1.11. The molecule has 0 saturated heterocycles. The van der Waals surface area contributed by atoms with Gasteiger partial charge in [0.25, 0.3) is 0 Å². The summed E-state index contributed by atoms with van der Waals surface area (Å²) in [7, 11) is 0. The van der Waals surface area contributed by atoms with Gasteiger partial charge in [0, 0.05) is 36.1 Å². The molecule has 0 fully saturated rings. The van der Waals surface area contributed by atoms with Crippen molar-refractivity contribution in [2.75, 3.05) is 0 Å². The monoisotopic (exact) mass is 247 g/mol. The Hall–Kier alpha value is -2.55. The normalized spacial score (nSPS) is 11.2. The van der Waals surface area contributed by atoms with Gasteiger partial charge in [0.05, 0.1) is 11.2 Å². The largest absolute Gasteiger partial charge is 0.261 e. The van der Waals surface area contributed by atoms with E-state index in [0.717, 1.165) is 28.7 Å². The summed E-state index contributed by atoms with van der Waals surface area (Å²) >= 11 is 0. The van der Waals surface area contributed by atoms with Crippen LogP contribution in [0.5, 0.6) is 0 Å². The molecule has 1 aromatic carbocycles. The van der Waals surface area contributed by atoms with E-state index < -0.39 is 0 Å². The molecule has 92 valence electrons. The fourth-order valence-electron chi connectivity index (χ4n) is 1.95. The Morgan fingerprint density at radius 1 is 0.895 bits per heavy atom. The Morgan fingerprint density at radius 3 is 2.68 bits per heavy atom. The van der Waals surface area contributed by atoms with Gasteiger partial charge >= 0.3 is 0 Å². The van der Waals surface area contributed by atoms with E-state index in [4.69, 9.17) is 0 Å². The standard InChI is InChI=1S/C16H13N3/c1-2-10-17-14(7-1)9-12-18-15-8-3-5-13-6-4-11-19-16(13)15/h1-8,10-12H,9H2. The molecule has 0 aliphatic heterocycles. The van der Waals surface area contributed by atoms with Crippen LogP contribution in [-0.4, -0.2) is 16.2 Å². The Labute approximate surface area is 111 Å². The highest BCUT2D eigenvalue weighted by molar-refractivity contribution is 5.90. The van der Waals surface area contributed by atoms with Crippen LogP contribution >= 0.6 is 0 Å². The highest BCUT2D eigenvalue weighted by atomic mass is 14.8. The molecule has 0 radical (unpaired) electrons. The second-order valence-electron chi connectivity index (χ2n) is 4.19. The molecule has 3 rings (SSSR count). The molecule has 2 heterocycles. The SMILES string of the molecule is C(Cc1ccccn1)=Nc1cccc2cccnc12. The zero-order valence-electron chi connectivity index (χ0n) is 10.4. The number of aromatic nitrogens is 2. The molecule has 0 unspecified atom stereocenters. The minimum absolute atomic E-state index is 0.726. The van der Waals surface area contributed by atoms with Crippen LogP contribution in [0.25, 0.3) is 10.9 Å². The summed E-state index contributed by atoms with van der Waals surface area (Å²) in [4.78, 5) is 13.1. The fraction of sp³-hybridized carbons (Fsp3) is 0.0625. The molecule has 0 amide bonds. The van der Waals surface area contributed by atoms with Crippen molar-refractivity contribution in [1.82, 2.24) is 9.97 Å². The van der Waals surface area contributed by atoms with Gasteiger partial charge in [0.2, 0.25) is 0 Å². The summed E-state index contributed by atoms with van der Waals surface area (Å²) in [5.74, 6) is 0. The molecule has 0 atom stereocenters. The number of hydrogen-bond acceptors (Lipinski definition) is 3. The first-order valence-electron chi connectivity index (χ1n) is 6.20. The Kier molecular flexibility index (Phi) is 3.28. The van der Waals surface area contributed by atoms with Gasteiger partial charge < -0.3 is 0 Å². The van der Waals surface area contributed by atoms with Crippen molar-refractivity contribution in [1.29, 1.82) is 0 Å². The lowest BCUT2D eigenvalue weighted by atomic mass is 10.2. The predicted molar refractivity (Wildman–Crippen MR) is 77.8 cm³/mol. The van der Waals surface area contributed by atoms with E-state index in [0.29, 0.717) is 0 Å². The topological polar surface area (TPSA) is 38.1 Å². The molecule has 0 N–H and O–H groups in total. The first-order chi connectivity index (χ1) is 9.43. The lowest BCUT2D eigenvalue weighted by Gasteiger charge is -2.00. The third-order valence-corrected chi connectivity index (χ3v) is 2.87. The summed E-state index contributed by atoms with van der Waals surface area (Å²) < 4.78 is 0. The van der Waals surface area contributed by atoms with Gasteiger partial charge in [0.15, 0.2) is 0 Å². The highest BCUT2D eigenvalue weighted by Gasteiger charge is 1.98. The van der Waals surface area contributed by atoms with E-state index in [1.54, 1.807) is 12.4 Å². The molecule has 3 nitrogen and oxygen atoms in total. The van der Waals surface area contributed by atoms with Crippen molar-refractivity contribution in [3.63, 3.8) is 0 Å². The van der Waals surface area contributed by atoms with Crippen molar-refractivity contribution in [2.45, 2.75) is 6.42 Å². The lowest BCUT2D eigenvalue weighted by molar-refractivity contribution is 1.15. The van der Waals surface area contributed by atoms with E-state index in [1.807, 2.05) is 54.7 Å². The van der Waals surface area contributed by atoms with Gasteiger partial charge in [0.1, 0.15) is 0 Å². The first kappa shape index (κ1) is 11.5. The van der Waals surface area contributed by atoms with Gasteiger partial charge in [-0.1, -0.05) is 24.3 Å². The predicted octanol–water partition coefficient (Wildman–Crippen LogP) is 3.57. The highest BCUT2D eigenvalue weighted by Crippen LogP contribution is 2.22. The van der Waals surface area contributed by atoms with Gasteiger partial charge in [-0.3, -0.25) is 15.0 Å². The van der Waals surface area contributed by atoms with Gasteiger partial charge in [-0.15, -0.1) is 0 Å². The number of benzene rings is 1. The van der Waals surface area contributed by atoms with Crippen LogP contribution in [0.1, 0.15) is 5.69 Å². The van der Waals surface area contributed by atoms with Gasteiger partial charge in [-0.2, -0.15) is 0 Å². The molecular formula is C16H13N3. The lowest BCUT2D eigenvalue weighted by Crippen LogP contribution is -1.89. The summed E-state index contributed by atoms with van der Waals surface area (Å²) in [6.07, 6.45) is 6.19. The average Bonchev–Trinajstić information content (AvgIpc) is 2.49. The van der Waals surface area contributed by atoms with Crippen LogP contribution in [-0.2, 0) is 6.42 Å². The summed E-state index contributed by atoms with van der Waals surface area (Å²) in [5.41, 5.74) is 2.84. The van der Waals surface area contributed by atoms with Crippen LogP contribution in [0.15, 0.2) is 65.9 Å². The van der Waals surface area contributed by atoms with Gasteiger partial charge in [-0.25, -0.2) is 0 Å². The molecule has 0 aliphatic rings. The van der Waals surface area contributed by atoms with Crippen molar-refractivity contribution in [2.24, 2.45) is 4.99 Å². The molecule has 0 spiro atoms. The van der Waals surface area contributed by atoms with E-state index in [2.05, 4.69) is 15.0 Å². The molecule has 0 aliphatic carbocycles. The Morgan fingerprint density at radius 2 is 1.79 bits per heavy atom. The molecule has 3 heteroatoms. The zero-order chi connectivity index (χ0) is 12.9. The van der Waals surface area contributed by atoms with Crippen molar-refractivity contribution < 1.29 is 0 Å². The molecule has 2 aromatic heterocycles. The number of nitrogens with zero attached hydrogens (tertiary/aromatic N) is 3. The molecule has 0 bridgehead atoms. The van der Waals surface area contributed by atoms with Crippen LogP contribution in [0.4, 0.5) is 5.69 Å². The van der Waals surface area contributed by atoms with Crippen LogP contribution in [0.2, 0.25) is 0 Å². The average molecular weight is 247 g/mol. The minimum atomic E-state index is 0.726. The van der Waals surface area contributed by atoms with Gasteiger partial charge in [-0.05, 0) is 24.3 Å². The van der Waals surface area contributed by atoms with E-state index in [9.17, 15) is 0 Å². The number of pyridine rings is 2. The van der Waals surface area contributed by atoms with Crippen molar-refractivity contribution in [3.05, 3.63) is 66.6 Å². The van der Waals surface area contributed by atoms with E-state index in [1.165, 1.54) is 0 Å². The van der Waals surface area contributed by atoms with Crippen LogP contribution in [0.3, 0.4) is 0 Å². The number of rotatable bonds is 3.